The Morgan fingerprint density at radius 2 is 1.63 bits per heavy atom. The molecule has 7 heteroatoms. The van der Waals surface area contributed by atoms with Crippen LogP contribution in [0.5, 0.6) is 5.75 Å². The number of hydrogen-bond donors (Lipinski definition) is 0. The third kappa shape index (κ3) is 4.00. The van der Waals surface area contributed by atoms with Gasteiger partial charge in [0, 0.05) is 31.2 Å². The van der Waals surface area contributed by atoms with Crippen molar-refractivity contribution >= 4 is 29.1 Å². The first-order chi connectivity index (χ1) is 14.6. The van der Waals surface area contributed by atoms with E-state index in [1.54, 1.807) is 19.2 Å². The highest BCUT2D eigenvalue weighted by atomic mass is 35.5. The van der Waals surface area contributed by atoms with Gasteiger partial charge in [-0.1, -0.05) is 35.6 Å². The SMILES string of the molecule is COc1ccccc1N1CCN(CC#CCN2C(=O)c3ccc(Cl)cc3C2=O)CC1. The molecule has 6 nitrogen and oxygen atoms in total. The Labute approximate surface area is 181 Å². The number of carbonyl (C=O) groups is 2. The van der Waals surface area contributed by atoms with Gasteiger partial charge in [-0.2, -0.15) is 0 Å². The lowest BCUT2D eigenvalue weighted by Crippen LogP contribution is -2.46. The van der Waals surface area contributed by atoms with Gasteiger partial charge in [0.25, 0.3) is 11.8 Å². The highest BCUT2D eigenvalue weighted by molar-refractivity contribution is 6.32. The van der Waals surface area contributed by atoms with E-state index in [1.807, 2.05) is 18.2 Å². The number of para-hydroxylation sites is 2. The average molecular weight is 424 g/mol. The van der Waals surface area contributed by atoms with Crippen LogP contribution < -0.4 is 9.64 Å². The summed E-state index contributed by atoms with van der Waals surface area (Å²) in [5, 5.41) is 0.440. The average Bonchev–Trinajstić information content (AvgIpc) is 3.01. The molecule has 0 unspecified atom stereocenters. The highest BCUT2D eigenvalue weighted by Gasteiger charge is 2.34. The molecule has 0 bridgehead atoms. The number of imide groups is 1. The first-order valence-corrected chi connectivity index (χ1v) is 10.2. The van der Waals surface area contributed by atoms with Crippen molar-refractivity contribution in [1.29, 1.82) is 0 Å². The molecule has 0 atom stereocenters. The lowest BCUT2D eigenvalue weighted by molar-refractivity contribution is 0.0675. The van der Waals surface area contributed by atoms with Crippen molar-refractivity contribution in [2.75, 3.05) is 51.3 Å². The summed E-state index contributed by atoms with van der Waals surface area (Å²) in [6.45, 7) is 4.25. The van der Waals surface area contributed by atoms with E-state index in [2.05, 4.69) is 27.7 Å². The van der Waals surface area contributed by atoms with Gasteiger partial charge in [-0.3, -0.25) is 19.4 Å². The van der Waals surface area contributed by atoms with Crippen LogP contribution in [0.2, 0.25) is 5.02 Å². The van der Waals surface area contributed by atoms with E-state index in [1.165, 1.54) is 11.0 Å². The molecule has 1 saturated heterocycles. The molecule has 0 aromatic heterocycles. The number of nitrogens with zero attached hydrogens (tertiary/aromatic N) is 3. The van der Waals surface area contributed by atoms with Crippen molar-refractivity contribution in [1.82, 2.24) is 9.80 Å². The Kier molecular flexibility index (Phi) is 5.93. The Morgan fingerprint density at radius 1 is 0.933 bits per heavy atom. The summed E-state index contributed by atoms with van der Waals surface area (Å²) in [5.74, 6) is 6.30. The molecule has 0 spiro atoms. The molecule has 0 N–H and O–H groups in total. The van der Waals surface area contributed by atoms with E-state index in [0.29, 0.717) is 22.7 Å². The molecule has 2 aliphatic rings. The third-order valence-corrected chi connectivity index (χ3v) is 5.63. The van der Waals surface area contributed by atoms with E-state index in [9.17, 15) is 9.59 Å². The standard InChI is InChI=1S/C23H22ClN3O3/c1-30-21-7-3-2-6-20(21)26-14-12-25(13-15-26)10-4-5-11-27-22(28)18-9-8-17(24)16-19(18)23(27)29/h2-3,6-9,16H,10-15H2,1H3. The zero-order valence-electron chi connectivity index (χ0n) is 16.7. The molecule has 0 saturated carbocycles. The lowest BCUT2D eigenvalue weighted by Gasteiger charge is -2.35. The van der Waals surface area contributed by atoms with Crippen molar-refractivity contribution in [3.05, 3.63) is 58.6 Å². The van der Waals surface area contributed by atoms with E-state index in [4.69, 9.17) is 16.3 Å². The molecule has 4 rings (SSSR count). The summed E-state index contributed by atoms with van der Waals surface area (Å²) in [6.07, 6.45) is 0. The normalized spacial score (nSPS) is 16.3. The van der Waals surface area contributed by atoms with Gasteiger partial charge in [0.1, 0.15) is 5.75 Å². The first-order valence-electron chi connectivity index (χ1n) is 9.80. The van der Waals surface area contributed by atoms with Crippen LogP contribution in [0, 0.1) is 11.8 Å². The number of piperazine rings is 1. The molecule has 1 fully saturated rings. The smallest absolute Gasteiger partial charge is 0.262 e. The van der Waals surface area contributed by atoms with Crippen molar-refractivity contribution in [3.63, 3.8) is 0 Å². The minimum absolute atomic E-state index is 0.0884. The minimum Gasteiger partial charge on any atom is -0.495 e. The van der Waals surface area contributed by atoms with E-state index in [0.717, 1.165) is 37.6 Å². The van der Waals surface area contributed by atoms with Crippen LogP contribution in [0.3, 0.4) is 0 Å². The Balaban J connectivity index is 1.29. The second kappa shape index (κ2) is 8.78. The zero-order valence-corrected chi connectivity index (χ0v) is 17.5. The van der Waals surface area contributed by atoms with Crippen molar-refractivity contribution < 1.29 is 14.3 Å². The van der Waals surface area contributed by atoms with Crippen LogP contribution >= 0.6 is 11.6 Å². The number of amides is 2. The molecular weight excluding hydrogens is 402 g/mol. The Morgan fingerprint density at radius 3 is 2.40 bits per heavy atom. The van der Waals surface area contributed by atoms with Gasteiger partial charge in [0.05, 0.1) is 37.0 Å². The number of benzene rings is 2. The maximum atomic E-state index is 12.4. The van der Waals surface area contributed by atoms with Gasteiger partial charge in [-0.25, -0.2) is 0 Å². The molecule has 30 heavy (non-hydrogen) atoms. The maximum absolute atomic E-state index is 12.4. The number of anilines is 1. The van der Waals surface area contributed by atoms with Gasteiger partial charge in [-0.15, -0.1) is 0 Å². The fourth-order valence-corrected chi connectivity index (χ4v) is 3.92. The molecule has 2 aromatic carbocycles. The van der Waals surface area contributed by atoms with Crippen LogP contribution in [0.4, 0.5) is 5.69 Å². The van der Waals surface area contributed by atoms with Gasteiger partial charge in [-0.05, 0) is 30.3 Å². The molecule has 2 aromatic rings. The number of hydrogen-bond acceptors (Lipinski definition) is 5. The van der Waals surface area contributed by atoms with Crippen LogP contribution in [-0.4, -0.2) is 68.0 Å². The Hall–Kier alpha value is -3.01. The second-order valence-electron chi connectivity index (χ2n) is 7.17. The van der Waals surface area contributed by atoms with E-state index in [-0.39, 0.29) is 18.4 Å². The summed E-state index contributed by atoms with van der Waals surface area (Å²) in [6, 6.07) is 12.8. The highest BCUT2D eigenvalue weighted by Crippen LogP contribution is 2.28. The summed E-state index contributed by atoms with van der Waals surface area (Å²) < 4.78 is 5.46. The van der Waals surface area contributed by atoms with Gasteiger partial charge in [0.15, 0.2) is 0 Å². The van der Waals surface area contributed by atoms with Crippen LogP contribution in [-0.2, 0) is 0 Å². The monoisotopic (exact) mass is 423 g/mol. The molecule has 0 radical (unpaired) electrons. The van der Waals surface area contributed by atoms with Gasteiger partial charge >= 0.3 is 0 Å². The number of methoxy groups -OCH3 is 1. The Bertz CT molecular complexity index is 1040. The van der Waals surface area contributed by atoms with Crippen LogP contribution in [0.15, 0.2) is 42.5 Å². The summed E-state index contributed by atoms with van der Waals surface area (Å²) >= 11 is 5.94. The van der Waals surface area contributed by atoms with E-state index < -0.39 is 0 Å². The van der Waals surface area contributed by atoms with Gasteiger partial charge < -0.3 is 9.64 Å². The fourth-order valence-electron chi connectivity index (χ4n) is 3.75. The van der Waals surface area contributed by atoms with Crippen molar-refractivity contribution in [2.24, 2.45) is 0 Å². The number of halogens is 1. The first kappa shape index (κ1) is 20.3. The van der Waals surface area contributed by atoms with Crippen LogP contribution in [0.25, 0.3) is 0 Å². The summed E-state index contributed by atoms with van der Waals surface area (Å²) in [4.78, 5) is 30.6. The van der Waals surface area contributed by atoms with Crippen molar-refractivity contribution in [2.45, 2.75) is 0 Å². The maximum Gasteiger partial charge on any atom is 0.262 e. The predicted octanol–water partition coefficient (Wildman–Crippen LogP) is 2.77. The minimum atomic E-state index is -0.336. The lowest BCUT2D eigenvalue weighted by atomic mass is 10.1. The number of carbonyl (C=O) groups excluding carboxylic acids is 2. The zero-order chi connectivity index (χ0) is 21.1. The summed E-state index contributed by atoms with van der Waals surface area (Å²) in [7, 11) is 1.69. The second-order valence-corrected chi connectivity index (χ2v) is 7.61. The van der Waals surface area contributed by atoms with E-state index >= 15 is 0 Å². The predicted molar refractivity (Wildman–Crippen MR) is 116 cm³/mol. The topological polar surface area (TPSA) is 53.1 Å². The molecule has 2 heterocycles. The quantitative estimate of drug-likeness (QED) is 0.559. The number of ether oxygens (including phenoxy) is 1. The fraction of sp³-hybridized carbons (Fsp3) is 0.304. The summed E-state index contributed by atoms with van der Waals surface area (Å²) in [5.41, 5.74) is 1.84. The third-order valence-electron chi connectivity index (χ3n) is 5.40. The molecule has 154 valence electrons. The van der Waals surface area contributed by atoms with Crippen molar-refractivity contribution in [3.8, 4) is 17.6 Å². The molecule has 0 aliphatic carbocycles. The van der Waals surface area contributed by atoms with Gasteiger partial charge in [0.2, 0.25) is 0 Å². The molecule has 2 amide bonds. The molecular formula is C23H22ClN3O3. The van der Waals surface area contributed by atoms with Crippen LogP contribution in [0.1, 0.15) is 20.7 Å². The molecule has 2 aliphatic heterocycles. The number of rotatable bonds is 4. The number of fused-ring (bicyclic) bond motifs is 1. The largest absolute Gasteiger partial charge is 0.495 e.